The Balaban J connectivity index is 1.37. The van der Waals surface area contributed by atoms with Gasteiger partial charge in [-0.3, -0.25) is 14.6 Å². The summed E-state index contributed by atoms with van der Waals surface area (Å²) in [4.78, 5) is 12.9. The van der Waals surface area contributed by atoms with Crippen molar-refractivity contribution in [3.8, 4) is 28.1 Å². The first kappa shape index (κ1) is 21.6. The summed E-state index contributed by atoms with van der Waals surface area (Å²) in [5.74, 6) is 0.596. The second-order valence-corrected chi connectivity index (χ2v) is 7.60. The highest BCUT2D eigenvalue weighted by Gasteiger charge is 2.29. The van der Waals surface area contributed by atoms with Crippen molar-refractivity contribution in [2.75, 3.05) is 0 Å². The van der Waals surface area contributed by atoms with Crippen molar-refractivity contribution in [3.63, 3.8) is 0 Å². The van der Waals surface area contributed by atoms with E-state index in [-0.39, 0.29) is 6.61 Å². The molecule has 5 aromatic rings. The van der Waals surface area contributed by atoms with Crippen molar-refractivity contribution >= 4 is 11.0 Å². The number of alkyl halides is 3. The second kappa shape index (κ2) is 8.93. The average Bonchev–Trinajstić information content (AvgIpc) is 3.25. The summed E-state index contributed by atoms with van der Waals surface area (Å²) < 4.78 is 45.6. The molecule has 0 fully saturated rings. The van der Waals surface area contributed by atoms with E-state index in [1.807, 2.05) is 24.3 Å². The Kier molecular flexibility index (Phi) is 5.67. The van der Waals surface area contributed by atoms with Crippen molar-refractivity contribution in [2.45, 2.75) is 19.3 Å². The standard InChI is InChI=1S/C25H18F3N5O/c26-25(27,28)16-33-14-21(17-9-11-29-12-10-17)24(32-33)18-5-7-20(8-6-18)34-15-19-13-30-22-3-1-2-4-23(22)31-19/h1-14H,15-16H2. The van der Waals surface area contributed by atoms with Crippen molar-refractivity contribution in [1.29, 1.82) is 0 Å². The van der Waals surface area contributed by atoms with E-state index in [1.165, 1.54) is 6.20 Å². The maximum absolute atomic E-state index is 13.0. The highest BCUT2D eigenvalue weighted by Crippen LogP contribution is 2.32. The van der Waals surface area contributed by atoms with Gasteiger partial charge in [-0.1, -0.05) is 12.1 Å². The van der Waals surface area contributed by atoms with Crippen LogP contribution in [0.15, 0.2) is 85.5 Å². The Morgan fingerprint density at radius 1 is 0.853 bits per heavy atom. The number of hydrogen-bond donors (Lipinski definition) is 0. The summed E-state index contributed by atoms with van der Waals surface area (Å²) in [7, 11) is 0. The number of hydrogen-bond acceptors (Lipinski definition) is 5. The summed E-state index contributed by atoms with van der Waals surface area (Å²) >= 11 is 0. The van der Waals surface area contributed by atoms with E-state index in [1.54, 1.807) is 55.0 Å². The van der Waals surface area contributed by atoms with Gasteiger partial charge in [-0.05, 0) is 54.1 Å². The van der Waals surface area contributed by atoms with Gasteiger partial charge in [0.2, 0.25) is 0 Å². The molecule has 0 aliphatic carbocycles. The molecule has 0 saturated heterocycles. The number of ether oxygens (including phenoxy) is 1. The van der Waals surface area contributed by atoms with Crippen LogP contribution in [0.2, 0.25) is 0 Å². The normalized spacial score (nSPS) is 11.6. The van der Waals surface area contributed by atoms with Gasteiger partial charge in [-0.2, -0.15) is 18.3 Å². The van der Waals surface area contributed by atoms with E-state index in [9.17, 15) is 13.2 Å². The molecule has 34 heavy (non-hydrogen) atoms. The topological polar surface area (TPSA) is 65.7 Å². The Hall–Kier alpha value is -4.27. The molecule has 5 rings (SSSR count). The predicted molar refractivity (Wildman–Crippen MR) is 121 cm³/mol. The fourth-order valence-electron chi connectivity index (χ4n) is 3.57. The summed E-state index contributed by atoms with van der Waals surface area (Å²) in [5.41, 5.74) is 4.73. The lowest BCUT2D eigenvalue weighted by atomic mass is 10.0. The smallest absolute Gasteiger partial charge is 0.408 e. The Bertz CT molecular complexity index is 1420. The van der Waals surface area contributed by atoms with Crippen LogP contribution < -0.4 is 4.74 Å². The second-order valence-electron chi connectivity index (χ2n) is 7.60. The molecule has 0 bridgehead atoms. The largest absolute Gasteiger partial charge is 0.487 e. The molecule has 0 amide bonds. The van der Waals surface area contributed by atoms with Gasteiger partial charge in [0.25, 0.3) is 0 Å². The van der Waals surface area contributed by atoms with Gasteiger partial charge < -0.3 is 4.74 Å². The lowest BCUT2D eigenvalue weighted by Gasteiger charge is -2.08. The van der Waals surface area contributed by atoms with Crippen LogP contribution in [0.5, 0.6) is 5.75 Å². The summed E-state index contributed by atoms with van der Waals surface area (Å²) in [6, 6.07) is 18.1. The highest BCUT2D eigenvalue weighted by molar-refractivity contribution is 5.80. The Morgan fingerprint density at radius 3 is 2.32 bits per heavy atom. The molecule has 0 N–H and O–H groups in total. The van der Waals surface area contributed by atoms with Gasteiger partial charge >= 0.3 is 6.18 Å². The number of fused-ring (bicyclic) bond motifs is 1. The van der Waals surface area contributed by atoms with Crippen LogP contribution in [-0.2, 0) is 13.2 Å². The third-order valence-electron chi connectivity index (χ3n) is 5.11. The predicted octanol–water partition coefficient (Wildman–Crippen LogP) is 5.70. The maximum Gasteiger partial charge on any atom is 0.408 e. The highest BCUT2D eigenvalue weighted by atomic mass is 19.4. The van der Waals surface area contributed by atoms with Gasteiger partial charge in [0.1, 0.15) is 24.6 Å². The minimum Gasteiger partial charge on any atom is -0.487 e. The molecule has 9 heteroatoms. The third kappa shape index (κ3) is 4.88. The van der Waals surface area contributed by atoms with E-state index in [4.69, 9.17) is 4.74 Å². The number of pyridine rings is 1. The summed E-state index contributed by atoms with van der Waals surface area (Å²) in [5, 5.41) is 4.21. The van der Waals surface area contributed by atoms with Gasteiger partial charge in [0.05, 0.1) is 22.9 Å². The van der Waals surface area contributed by atoms with E-state index >= 15 is 0 Å². The van der Waals surface area contributed by atoms with E-state index < -0.39 is 12.7 Å². The Morgan fingerprint density at radius 2 is 1.59 bits per heavy atom. The Labute approximate surface area is 192 Å². The summed E-state index contributed by atoms with van der Waals surface area (Å²) in [6.45, 7) is -0.932. The third-order valence-corrected chi connectivity index (χ3v) is 5.11. The SMILES string of the molecule is FC(F)(F)Cn1cc(-c2ccncc2)c(-c2ccc(OCc3cnc4ccccc4n3)cc2)n1. The monoisotopic (exact) mass is 461 g/mol. The number of halogens is 3. The molecular formula is C25H18F3N5O. The first-order chi connectivity index (χ1) is 16.4. The van der Waals surface area contributed by atoms with Gasteiger partial charge in [0.15, 0.2) is 0 Å². The van der Waals surface area contributed by atoms with Crippen LogP contribution in [0, 0.1) is 0 Å². The van der Waals surface area contributed by atoms with Crippen molar-refractivity contribution in [1.82, 2.24) is 24.7 Å². The van der Waals surface area contributed by atoms with Crippen LogP contribution in [0.25, 0.3) is 33.4 Å². The first-order valence-electron chi connectivity index (χ1n) is 10.4. The van der Waals surface area contributed by atoms with Crippen LogP contribution in [0.4, 0.5) is 13.2 Å². The first-order valence-corrected chi connectivity index (χ1v) is 10.4. The minimum absolute atomic E-state index is 0.236. The molecule has 0 atom stereocenters. The maximum atomic E-state index is 13.0. The van der Waals surface area contributed by atoms with Crippen LogP contribution in [-0.4, -0.2) is 30.9 Å². The molecule has 3 heterocycles. The minimum atomic E-state index is -4.37. The fourth-order valence-corrected chi connectivity index (χ4v) is 3.57. The molecule has 0 aliphatic rings. The zero-order valence-corrected chi connectivity index (χ0v) is 17.8. The average molecular weight is 461 g/mol. The lowest BCUT2D eigenvalue weighted by molar-refractivity contribution is -0.142. The van der Waals surface area contributed by atoms with Crippen molar-refractivity contribution < 1.29 is 17.9 Å². The fraction of sp³-hybridized carbons (Fsp3) is 0.120. The van der Waals surface area contributed by atoms with E-state index in [0.717, 1.165) is 21.3 Å². The van der Waals surface area contributed by atoms with Gasteiger partial charge in [-0.15, -0.1) is 0 Å². The number of aromatic nitrogens is 5. The molecule has 6 nitrogen and oxygen atoms in total. The molecule has 0 spiro atoms. The van der Waals surface area contributed by atoms with Gasteiger partial charge in [0, 0.05) is 29.7 Å². The zero-order valence-electron chi connectivity index (χ0n) is 17.8. The molecule has 3 aromatic heterocycles. The van der Waals surface area contributed by atoms with Crippen LogP contribution in [0.1, 0.15) is 5.69 Å². The molecule has 0 aliphatic heterocycles. The molecule has 170 valence electrons. The molecule has 0 saturated carbocycles. The number of para-hydroxylation sites is 2. The molecular weight excluding hydrogens is 443 g/mol. The lowest BCUT2D eigenvalue weighted by Crippen LogP contribution is -2.17. The molecule has 2 aromatic carbocycles. The van der Waals surface area contributed by atoms with Crippen LogP contribution >= 0.6 is 0 Å². The van der Waals surface area contributed by atoms with Crippen molar-refractivity contribution in [2.24, 2.45) is 0 Å². The molecule has 0 unspecified atom stereocenters. The van der Waals surface area contributed by atoms with E-state index in [0.29, 0.717) is 28.3 Å². The van der Waals surface area contributed by atoms with Gasteiger partial charge in [-0.25, -0.2) is 4.98 Å². The number of nitrogens with zero attached hydrogens (tertiary/aromatic N) is 5. The zero-order chi connectivity index (χ0) is 23.5. The van der Waals surface area contributed by atoms with E-state index in [2.05, 4.69) is 20.1 Å². The van der Waals surface area contributed by atoms with Crippen LogP contribution in [0.3, 0.4) is 0 Å². The summed E-state index contributed by atoms with van der Waals surface area (Å²) in [6.07, 6.45) is 1.88. The molecule has 0 radical (unpaired) electrons. The number of rotatable bonds is 6. The number of benzene rings is 2. The van der Waals surface area contributed by atoms with Crippen molar-refractivity contribution in [3.05, 3.63) is 91.1 Å². The quantitative estimate of drug-likeness (QED) is 0.325.